The van der Waals surface area contributed by atoms with Gasteiger partial charge in [0.05, 0.1) is 12.6 Å². The van der Waals surface area contributed by atoms with Crippen molar-refractivity contribution in [1.82, 2.24) is 29.9 Å². The van der Waals surface area contributed by atoms with Crippen molar-refractivity contribution in [3.8, 4) is 0 Å². The van der Waals surface area contributed by atoms with E-state index >= 15 is 0 Å². The van der Waals surface area contributed by atoms with Gasteiger partial charge in [-0.2, -0.15) is 10.1 Å². The summed E-state index contributed by atoms with van der Waals surface area (Å²) >= 11 is 0. The molecule has 0 spiro atoms. The van der Waals surface area contributed by atoms with Gasteiger partial charge in [0.25, 0.3) is 0 Å². The summed E-state index contributed by atoms with van der Waals surface area (Å²) in [4.78, 5) is 9.27. The molecule has 0 fully saturated rings. The number of aromatic nitrogens is 5. The zero-order chi connectivity index (χ0) is 18.6. The first-order valence-electron chi connectivity index (χ1n) is 8.46. The van der Waals surface area contributed by atoms with Crippen LogP contribution in [0, 0.1) is 5.82 Å². The number of hydrogen-bond acceptors (Lipinski definition) is 6. The molecular formula is C18H18FN7O. The van der Waals surface area contributed by atoms with Crippen LogP contribution in [0.1, 0.15) is 17.4 Å². The maximum atomic E-state index is 13.3. The van der Waals surface area contributed by atoms with Gasteiger partial charge in [-0.15, -0.1) is 0 Å². The van der Waals surface area contributed by atoms with Gasteiger partial charge in [-0.05, 0) is 29.8 Å². The van der Waals surface area contributed by atoms with Gasteiger partial charge >= 0.3 is 0 Å². The van der Waals surface area contributed by atoms with Crippen LogP contribution in [-0.4, -0.2) is 42.8 Å². The minimum absolute atomic E-state index is 0.0383. The highest BCUT2D eigenvalue weighted by Gasteiger charge is 2.19. The molecule has 1 aromatic carbocycles. The maximum Gasteiger partial charge on any atom is 0.216 e. The van der Waals surface area contributed by atoms with E-state index in [0.29, 0.717) is 29.8 Å². The van der Waals surface area contributed by atoms with Crippen LogP contribution in [0.2, 0.25) is 0 Å². The van der Waals surface area contributed by atoms with Crippen LogP contribution in [0.3, 0.4) is 0 Å². The van der Waals surface area contributed by atoms with Crippen LogP contribution < -0.4 is 10.6 Å². The minimum atomic E-state index is -0.405. The van der Waals surface area contributed by atoms with Gasteiger partial charge in [0.15, 0.2) is 11.6 Å². The van der Waals surface area contributed by atoms with Gasteiger partial charge in [0, 0.05) is 25.0 Å². The number of H-pyrrole nitrogens is 1. The molecule has 0 bridgehead atoms. The lowest BCUT2D eigenvalue weighted by Crippen LogP contribution is -2.27. The average Bonchev–Trinajstić information content (AvgIpc) is 3.35. The SMILES string of the molecule is OCCNC(c1ccc(F)cc1)c1nc(Nc2cc[nH]n2)n2cccc2n1. The van der Waals surface area contributed by atoms with Crippen LogP contribution in [0.25, 0.3) is 5.65 Å². The van der Waals surface area contributed by atoms with E-state index in [1.54, 1.807) is 24.4 Å². The predicted molar refractivity (Wildman–Crippen MR) is 98.2 cm³/mol. The molecule has 0 amide bonds. The van der Waals surface area contributed by atoms with Gasteiger partial charge in [-0.25, -0.2) is 9.37 Å². The van der Waals surface area contributed by atoms with Crippen molar-refractivity contribution in [3.05, 3.63) is 72.1 Å². The summed E-state index contributed by atoms with van der Waals surface area (Å²) in [5, 5.41) is 22.4. The molecule has 4 aromatic rings. The Morgan fingerprint density at radius 3 is 2.74 bits per heavy atom. The highest BCUT2D eigenvalue weighted by atomic mass is 19.1. The van der Waals surface area contributed by atoms with Gasteiger partial charge < -0.3 is 15.7 Å². The van der Waals surface area contributed by atoms with Crippen LogP contribution in [-0.2, 0) is 0 Å². The molecule has 1 unspecified atom stereocenters. The third kappa shape index (κ3) is 3.64. The highest BCUT2D eigenvalue weighted by molar-refractivity contribution is 5.53. The molecular weight excluding hydrogens is 349 g/mol. The second-order valence-electron chi connectivity index (χ2n) is 5.89. The lowest BCUT2D eigenvalue weighted by atomic mass is 10.1. The lowest BCUT2D eigenvalue weighted by Gasteiger charge is -2.19. The number of hydrogen-bond donors (Lipinski definition) is 4. The molecule has 0 saturated carbocycles. The zero-order valence-corrected chi connectivity index (χ0v) is 14.3. The zero-order valence-electron chi connectivity index (χ0n) is 14.3. The van der Waals surface area contributed by atoms with Crippen molar-refractivity contribution in [2.24, 2.45) is 0 Å². The molecule has 9 heteroatoms. The topological polar surface area (TPSA) is 103 Å². The third-order valence-corrected chi connectivity index (χ3v) is 4.07. The normalized spacial score (nSPS) is 12.4. The van der Waals surface area contributed by atoms with E-state index in [-0.39, 0.29) is 12.4 Å². The number of aliphatic hydroxyl groups excluding tert-OH is 1. The summed E-state index contributed by atoms with van der Waals surface area (Å²) in [5.74, 6) is 1.35. The van der Waals surface area contributed by atoms with Crippen molar-refractivity contribution in [3.63, 3.8) is 0 Å². The Bertz CT molecular complexity index is 1010. The quantitative estimate of drug-likeness (QED) is 0.398. The molecule has 3 heterocycles. The Morgan fingerprint density at radius 2 is 2.00 bits per heavy atom. The Labute approximate surface area is 154 Å². The first kappa shape index (κ1) is 17.1. The van der Waals surface area contributed by atoms with E-state index in [1.165, 1.54) is 12.1 Å². The van der Waals surface area contributed by atoms with E-state index in [0.717, 1.165) is 5.56 Å². The smallest absolute Gasteiger partial charge is 0.216 e. The fourth-order valence-electron chi connectivity index (χ4n) is 2.83. The van der Waals surface area contributed by atoms with Crippen molar-refractivity contribution in [2.45, 2.75) is 6.04 Å². The van der Waals surface area contributed by atoms with E-state index < -0.39 is 6.04 Å². The minimum Gasteiger partial charge on any atom is -0.395 e. The number of fused-ring (bicyclic) bond motifs is 1. The molecule has 4 rings (SSSR count). The third-order valence-electron chi connectivity index (χ3n) is 4.07. The van der Waals surface area contributed by atoms with Gasteiger partial charge in [-0.3, -0.25) is 9.50 Å². The van der Waals surface area contributed by atoms with Crippen LogP contribution in [0.4, 0.5) is 16.2 Å². The molecule has 3 aromatic heterocycles. The largest absolute Gasteiger partial charge is 0.395 e. The summed E-state index contributed by atoms with van der Waals surface area (Å²) in [6, 6.07) is 11.3. The molecule has 138 valence electrons. The number of aromatic amines is 1. The Balaban J connectivity index is 1.77. The number of aliphatic hydroxyl groups is 1. The van der Waals surface area contributed by atoms with E-state index in [2.05, 4.69) is 30.8 Å². The fourth-order valence-corrected chi connectivity index (χ4v) is 2.83. The molecule has 27 heavy (non-hydrogen) atoms. The maximum absolute atomic E-state index is 13.3. The number of benzene rings is 1. The monoisotopic (exact) mass is 367 g/mol. The molecule has 0 aliphatic rings. The first-order chi connectivity index (χ1) is 13.2. The number of rotatable bonds is 7. The molecule has 0 radical (unpaired) electrons. The Morgan fingerprint density at radius 1 is 1.15 bits per heavy atom. The second kappa shape index (κ2) is 7.52. The highest BCUT2D eigenvalue weighted by Crippen LogP contribution is 2.23. The molecule has 0 saturated heterocycles. The second-order valence-corrected chi connectivity index (χ2v) is 5.89. The van der Waals surface area contributed by atoms with Crippen LogP contribution >= 0.6 is 0 Å². The fraction of sp³-hybridized carbons (Fsp3) is 0.167. The molecule has 0 aliphatic carbocycles. The summed E-state index contributed by atoms with van der Waals surface area (Å²) in [7, 11) is 0. The van der Waals surface area contributed by atoms with E-state index in [4.69, 9.17) is 0 Å². The van der Waals surface area contributed by atoms with Crippen molar-refractivity contribution in [1.29, 1.82) is 0 Å². The molecule has 4 N–H and O–H groups in total. The van der Waals surface area contributed by atoms with Crippen molar-refractivity contribution < 1.29 is 9.50 Å². The predicted octanol–water partition coefficient (Wildman–Crippen LogP) is 2.01. The van der Waals surface area contributed by atoms with Gasteiger partial charge in [-0.1, -0.05) is 12.1 Å². The summed E-state index contributed by atoms with van der Waals surface area (Å²) in [5.41, 5.74) is 1.50. The van der Waals surface area contributed by atoms with Crippen LogP contribution in [0.5, 0.6) is 0 Å². The van der Waals surface area contributed by atoms with Crippen LogP contribution in [0.15, 0.2) is 54.9 Å². The average molecular weight is 367 g/mol. The van der Waals surface area contributed by atoms with Gasteiger partial charge in [0.1, 0.15) is 11.5 Å². The number of halogens is 1. The summed E-state index contributed by atoms with van der Waals surface area (Å²) < 4.78 is 15.1. The molecule has 1 atom stereocenters. The Kier molecular flexibility index (Phi) is 4.77. The molecule has 0 aliphatic heterocycles. The summed E-state index contributed by atoms with van der Waals surface area (Å²) in [6.45, 7) is 0.309. The van der Waals surface area contributed by atoms with E-state index in [9.17, 15) is 9.50 Å². The standard InChI is InChI=1S/C18H18FN7O/c19-13-5-3-12(4-6-13)16(20-9-11-27)17-23-15-2-1-10-26(15)18(24-17)22-14-7-8-21-25-14/h1-8,10,16,20,27H,9,11H2,(H2,21,22,23,24,25). The Hall–Kier alpha value is -3.30. The van der Waals surface area contributed by atoms with Gasteiger partial charge in [0.2, 0.25) is 5.95 Å². The summed E-state index contributed by atoms with van der Waals surface area (Å²) in [6.07, 6.45) is 3.56. The first-order valence-corrected chi connectivity index (χ1v) is 8.46. The van der Waals surface area contributed by atoms with Crippen molar-refractivity contribution >= 4 is 17.4 Å². The number of anilines is 2. The van der Waals surface area contributed by atoms with E-state index in [1.807, 2.05) is 22.7 Å². The molecule has 8 nitrogen and oxygen atoms in total. The number of nitrogens with zero attached hydrogens (tertiary/aromatic N) is 4. The lowest BCUT2D eigenvalue weighted by molar-refractivity contribution is 0.287. The number of nitrogens with one attached hydrogen (secondary N) is 3. The van der Waals surface area contributed by atoms with Crippen molar-refractivity contribution in [2.75, 3.05) is 18.5 Å².